The molecule has 1 aliphatic carbocycles. The zero-order valence-corrected chi connectivity index (χ0v) is 12.5. The van der Waals surface area contributed by atoms with Crippen molar-refractivity contribution in [1.29, 1.82) is 0 Å². The van der Waals surface area contributed by atoms with Crippen LogP contribution in [-0.4, -0.2) is 36.5 Å². The van der Waals surface area contributed by atoms with Crippen LogP contribution in [0.1, 0.15) is 31.2 Å². The third-order valence-electron chi connectivity index (χ3n) is 4.62. The van der Waals surface area contributed by atoms with Crippen LogP contribution < -0.4 is 0 Å². The fourth-order valence-electron chi connectivity index (χ4n) is 3.57. The molecule has 1 saturated carbocycles. The molecule has 1 aliphatic heterocycles. The van der Waals surface area contributed by atoms with Crippen LogP contribution in [0.25, 0.3) is 0 Å². The minimum absolute atomic E-state index is 0.227. The first-order valence-corrected chi connectivity index (χ1v) is 8.71. The van der Waals surface area contributed by atoms with Crippen LogP contribution in [-0.2, 0) is 10.0 Å². The van der Waals surface area contributed by atoms with Crippen molar-refractivity contribution < 1.29 is 13.5 Å². The number of aryl methyl sites for hydroxylation is 1. The van der Waals surface area contributed by atoms with E-state index < -0.39 is 16.1 Å². The summed E-state index contributed by atoms with van der Waals surface area (Å²) in [5.41, 5.74) is 1.04. The minimum atomic E-state index is -3.49. The Labute approximate surface area is 120 Å². The molecule has 1 saturated heterocycles. The van der Waals surface area contributed by atoms with Crippen LogP contribution in [0.5, 0.6) is 0 Å². The van der Waals surface area contributed by atoms with E-state index in [9.17, 15) is 13.5 Å². The van der Waals surface area contributed by atoms with Gasteiger partial charge < -0.3 is 5.11 Å². The lowest BCUT2D eigenvalue weighted by atomic mass is 9.93. The molecule has 0 spiro atoms. The van der Waals surface area contributed by atoms with Crippen molar-refractivity contribution in [3.63, 3.8) is 0 Å². The lowest BCUT2D eigenvalue weighted by Gasteiger charge is -2.38. The molecule has 3 atom stereocenters. The molecule has 110 valence electrons. The molecular weight excluding hydrogens is 274 g/mol. The summed E-state index contributed by atoms with van der Waals surface area (Å²) >= 11 is 0. The molecule has 1 unspecified atom stereocenters. The average molecular weight is 295 g/mol. The van der Waals surface area contributed by atoms with Crippen molar-refractivity contribution in [2.24, 2.45) is 5.92 Å². The second-order valence-corrected chi connectivity index (χ2v) is 7.86. The maximum absolute atomic E-state index is 12.8. The summed E-state index contributed by atoms with van der Waals surface area (Å²) in [4.78, 5) is 0.336. The molecule has 20 heavy (non-hydrogen) atoms. The zero-order chi connectivity index (χ0) is 14.3. The van der Waals surface area contributed by atoms with Gasteiger partial charge in [0.15, 0.2) is 0 Å². The molecule has 1 N–H and O–H groups in total. The highest BCUT2D eigenvalue weighted by atomic mass is 32.2. The predicted octanol–water partition coefficient (Wildman–Crippen LogP) is 1.92. The second kappa shape index (κ2) is 5.13. The van der Waals surface area contributed by atoms with E-state index in [1.165, 1.54) is 0 Å². The van der Waals surface area contributed by atoms with Gasteiger partial charge in [0.2, 0.25) is 10.0 Å². The molecular formula is C15H21NO3S. The molecule has 0 aromatic heterocycles. The van der Waals surface area contributed by atoms with E-state index in [4.69, 9.17) is 0 Å². The summed E-state index contributed by atoms with van der Waals surface area (Å²) in [5.74, 6) is 0.318. The summed E-state index contributed by atoms with van der Waals surface area (Å²) in [5, 5.41) is 10.1. The van der Waals surface area contributed by atoms with Gasteiger partial charge in [-0.3, -0.25) is 0 Å². The van der Waals surface area contributed by atoms with Crippen molar-refractivity contribution in [2.75, 3.05) is 6.54 Å². The fraction of sp³-hybridized carbons (Fsp3) is 0.600. The van der Waals surface area contributed by atoms with Gasteiger partial charge in [-0.2, -0.15) is 4.31 Å². The number of aliphatic hydroxyl groups is 1. The summed E-state index contributed by atoms with van der Waals surface area (Å²) in [6, 6.07) is 6.74. The first kappa shape index (κ1) is 14.0. The van der Waals surface area contributed by atoms with Crippen molar-refractivity contribution in [1.82, 2.24) is 4.31 Å². The topological polar surface area (TPSA) is 57.6 Å². The summed E-state index contributed by atoms with van der Waals surface area (Å²) in [7, 11) is -3.49. The Balaban J connectivity index is 1.95. The molecule has 3 rings (SSSR count). The Kier molecular flexibility index (Phi) is 3.60. The number of piperidine rings is 1. The van der Waals surface area contributed by atoms with E-state index in [1.807, 2.05) is 19.1 Å². The van der Waals surface area contributed by atoms with Crippen LogP contribution in [0.3, 0.4) is 0 Å². The Morgan fingerprint density at radius 2 is 1.85 bits per heavy atom. The first-order chi connectivity index (χ1) is 9.50. The largest absolute Gasteiger partial charge is 0.391 e. The summed E-state index contributed by atoms with van der Waals surface area (Å²) < 4.78 is 27.1. The number of sulfonamides is 1. The predicted molar refractivity (Wildman–Crippen MR) is 76.8 cm³/mol. The van der Waals surface area contributed by atoms with E-state index in [2.05, 4.69) is 0 Å². The number of rotatable bonds is 2. The van der Waals surface area contributed by atoms with Gasteiger partial charge in [-0.15, -0.1) is 0 Å². The molecule has 0 radical (unpaired) electrons. The van der Waals surface area contributed by atoms with Crippen molar-refractivity contribution in [3.05, 3.63) is 29.8 Å². The third kappa shape index (κ3) is 2.28. The number of fused-ring (bicyclic) bond motifs is 1. The van der Waals surface area contributed by atoms with E-state index in [1.54, 1.807) is 16.4 Å². The molecule has 0 bridgehead atoms. The smallest absolute Gasteiger partial charge is 0.243 e. The molecule has 2 fully saturated rings. The lowest BCUT2D eigenvalue weighted by molar-refractivity contribution is 0.0773. The normalized spacial score (nSPS) is 31.2. The maximum atomic E-state index is 12.8. The SMILES string of the molecule is Cc1ccc(S(=O)(=O)N2CCC[C@H]3CCC(O)[C@H]32)cc1. The highest BCUT2D eigenvalue weighted by Crippen LogP contribution is 2.39. The third-order valence-corrected chi connectivity index (χ3v) is 6.54. The van der Waals surface area contributed by atoms with E-state index in [0.717, 1.165) is 31.2 Å². The average Bonchev–Trinajstić information content (AvgIpc) is 2.81. The molecule has 0 amide bonds. The molecule has 1 aromatic rings. The van der Waals surface area contributed by atoms with Gasteiger partial charge in [0, 0.05) is 6.54 Å². The van der Waals surface area contributed by atoms with Gasteiger partial charge in [-0.05, 0) is 50.7 Å². The molecule has 5 heteroatoms. The van der Waals surface area contributed by atoms with Crippen molar-refractivity contribution >= 4 is 10.0 Å². The van der Waals surface area contributed by atoms with Gasteiger partial charge in [-0.25, -0.2) is 8.42 Å². The summed E-state index contributed by atoms with van der Waals surface area (Å²) in [6.07, 6.45) is 3.06. The molecule has 1 aromatic carbocycles. The Morgan fingerprint density at radius 3 is 2.55 bits per heavy atom. The number of aliphatic hydroxyl groups excluding tert-OH is 1. The Bertz CT molecular complexity index is 580. The fourth-order valence-corrected chi connectivity index (χ4v) is 5.32. The van der Waals surface area contributed by atoms with Crippen molar-refractivity contribution in [2.45, 2.75) is 49.6 Å². The highest BCUT2D eigenvalue weighted by molar-refractivity contribution is 7.89. The van der Waals surface area contributed by atoms with Gasteiger partial charge in [0.25, 0.3) is 0 Å². The van der Waals surface area contributed by atoms with Gasteiger partial charge in [-0.1, -0.05) is 17.7 Å². The second-order valence-electron chi connectivity index (χ2n) is 5.97. The molecule has 2 aliphatic rings. The first-order valence-electron chi connectivity index (χ1n) is 7.27. The van der Waals surface area contributed by atoms with Crippen LogP contribution >= 0.6 is 0 Å². The number of hydrogen-bond acceptors (Lipinski definition) is 3. The van der Waals surface area contributed by atoms with E-state index in [-0.39, 0.29) is 6.04 Å². The number of nitrogens with zero attached hydrogens (tertiary/aromatic N) is 1. The number of benzene rings is 1. The zero-order valence-electron chi connectivity index (χ0n) is 11.7. The van der Waals surface area contributed by atoms with Gasteiger partial charge >= 0.3 is 0 Å². The van der Waals surface area contributed by atoms with E-state index in [0.29, 0.717) is 17.4 Å². The number of hydrogen-bond donors (Lipinski definition) is 1. The Morgan fingerprint density at radius 1 is 1.15 bits per heavy atom. The van der Waals surface area contributed by atoms with Crippen molar-refractivity contribution in [3.8, 4) is 0 Å². The Hall–Kier alpha value is -0.910. The van der Waals surface area contributed by atoms with Crippen LogP contribution in [0.4, 0.5) is 0 Å². The molecule has 4 nitrogen and oxygen atoms in total. The lowest BCUT2D eigenvalue weighted by Crippen LogP contribution is -2.50. The van der Waals surface area contributed by atoms with Crippen LogP contribution in [0.15, 0.2) is 29.2 Å². The standard InChI is InChI=1S/C15H21NO3S/c1-11-4-7-13(8-5-11)20(18,19)16-10-2-3-12-6-9-14(17)15(12)16/h4-5,7-8,12,14-15,17H,2-3,6,9-10H2,1H3/t12-,14?,15-/m0/s1. The van der Waals surface area contributed by atoms with Crippen LogP contribution in [0.2, 0.25) is 0 Å². The minimum Gasteiger partial charge on any atom is -0.391 e. The van der Waals surface area contributed by atoms with E-state index >= 15 is 0 Å². The summed E-state index contributed by atoms with van der Waals surface area (Å²) in [6.45, 7) is 2.46. The molecule has 1 heterocycles. The monoisotopic (exact) mass is 295 g/mol. The van der Waals surface area contributed by atoms with Crippen LogP contribution in [0, 0.1) is 12.8 Å². The maximum Gasteiger partial charge on any atom is 0.243 e. The quantitative estimate of drug-likeness (QED) is 0.907. The van der Waals surface area contributed by atoms with Gasteiger partial charge in [0.1, 0.15) is 0 Å². The highest BCUT2D eigenvalue weighted by Gasteiger charge is 2.46. The van der Waals surface area contributed by atoms with Gasteiger partial charge in [0.05, 0.1) is 17.0 Å².